The molecule has 132 valence electrons. The zero-order chi connectivity index (χ0) is 18.1. The van der Waals surface area contributed by atoms with Gasteiger partial charge in [-0.25, -0.2) is 0 Å². The summed E-state index contributed by atoms with van der Waals surface area (Å²) in [6, 6.07) is 13.6. The second kappa shape index (κ2) is 6.63. The summed E-state index contributed by atoms with van der Waals surface area (Å²) in [5.41, 5.74) is 4.03. The highest BCUT2D eigenvalue weighted by Crippen LogP contribution is 2.31. The largest absolute Gasteiger partial charge is 0.484 e. The molecule has 26 heavy (non-hydrogen) atoms. The molecular weight excluding hydrogens is 330 g/mol. The van der Waals surface area contributed by atoms with Crippen LogP contribution < -0.4 is 9.64 Å². The van der Waals surface area contributed by atoms with Crippen LogP contribution in [-0.2, 0) is 11.2 Å². The van der Waals surface area contributed by atoms with Crippen molar-refractivity contribution in [3.05, 3.63) is 59.5 Å². The summed E-state index contributed by atoms with van der Waals surface area (Å²) in [5, 5.41) is 3.95. The summed E-state index contributed by atoms with van der Waals surface area (Å²) in [7, 11) is 0. The number of nitrogens with zero attached hydrogens (tertiary/aromatic N) is 3. The van der Waals surface area contributed by atoms with Crippen LogP contribution in [-0.4, -0.2) is 29.2 Å². The van der Waals surface area contributed by atoms with E-state index in [1.807, 2.05) is 49.4 Å². The summed E-state index contributed by atoms with van der Waals surface area (Å²) < 4.78 is 10.7. The zero-order valence-electron chi connectivity index (χ0n) is 14.7. The monoisotopic (exact) mass is 349 g/mol. The molecule has 0 N–H and O–H groups in total. The van der Waals surface area contributed by atoms with E-state index in [1.54, 1.807) is 11.8 Å². The van der Waals surface area contributed by atoms with E-state index >= 15 is 0 Å². The van der Waals surface area contributed by atoms with Crippen molar-refractivity contribution in [3.8, 4) is 17.1 Å². The molecule has 0 aliphatic carbocycles. The maximum atomic E-state index is 12.6. The van der Waals surface area contributed by atoms with Gasteiger partial charge in [0.25, 0.3) is 5.91 Å². The standard InChI is InChI=1S/C20H19N3O3/c1-13-4-3-5-17(10-13)25-12-19(24)23-9-8-15-11-16(6-7-18(15)23)20-21-14(2)26-22-20/h3-7,10-11H,8-9,12H2,1-2H3. The normalized spacial score (nSPS) is 12.9. The molecule has 6 nitrogen and oxygen atoms in total. The Labute approximate surface area is 151 Å². The second-order valence-electron chi connectivity index (χ2n) is 6.38. The molecule has 0 radical (unpaired) electrons. The van der Waals surface area contributed by atoms with E-state index in [4.69, 9.17) is 9.26 Å². The molecule has 0 spiro atoms. The zero-order valence-corrected chi connectivity index (χ0v) is 14.7. The lowest BCUT2D eigenvalue weighted by Crippen LogP contribution is -2.33. The summed E-state index contributed by atoms with van der Waals surface area (Å²) in [6.45, 7) is 4.43. The van der Waals surface area contributed by atoms with Gasteiger partial charge >= 0.3 is 0 Å². The third-order valence-electron chi connectivity index (χ3n) is 4.41. The predicted molar refractivity (Wildman–Crippen MR) is 97.2 cm³/mol. The van der Waals surface area contributed by atoms with Crippen LogP contribution >= 0.6 is 0 Å². The van der Waals surface area contributed by atoms with Crippen LogP contribution in [0.25, 0.3) is 11.4 Å². The van der Waals surface area contributed by atoms with E-state index in [0.29, 0.717) is 24.0 Å². The van der Waals surface area contributed by atoms with Crippen molar-refractivity contribution in [1.82, 2.24) is 10.1 Å². The summed E-state index contributed by atoms with van der Waals surface area (Å²) in [5.74, 6) is 1.76. The number of fused-ring (bicyclic) bond motifs is 1. The molecule has 3 aromatic rings. The van der Waals surface area contributed by atoms with Crippen molar-refractivity contribution in [1.29, 1.82) is 0 Å². The highest BCUT2D eigenvalue weighted by molar-refractivity contribution is 5.96. The fourth-order valence-corrected chi connectivity index (χ4v) is 3.14. The average molecular weight is 349 g/mol. The summed E-state index contributed by atoms with van der Waals surface area (Å²) in [4.78, 5) is 18.6. The summed E-state index contributed by atoms with van der Waals surface area (Å²) >= 11 is 0. The SMILES string of the molecule is Cc1cccc(OCC(=O)N2CCc3cc(-c4noc(C)n4)ccc32)c1. The minimum absolute atomic E-state index is 0.0225. The Morgan fingerprint density at radius 3 is 2.88 bits per heavy atom. The van der Waals surface area contributed by atoms with E-state index in [9.17, 15) is 4.79 Å². The van der Waals surface area contributed by atoms with Crippen LogP contribution in [0.4, 0.5) is 5.69 Å². The van der Waals surface area contributed by atoms with Crippen LogP contribution in [0.2, 0.25) is 0 Å². The molecule has 0 atom stereocenters. The highest BCUT2D eigenvalue weighted by atomic mass is 16.5. The first-order valence-corrected chi connectivity index (χ1v) is 8.53. The molecule has 2 aromatic carbocycles. The van der Waals surface area contributed by atoms with Gasteiger partial charge in [-0.1, -0.05) is 17.3 Å². The van der Waals surface area contributed by atoms with Crippen LogP contribution in [0, 0.1) is 13.8 Å². The van der Waals surface area contributed by atoms with Gasteiger partial charge in [0.05, 0.1) is 0 Å². The Bertz CT molecular complexity index is 964. The molecule has 1 amide bonds. The molecule has 6 heteroatoms. The Hall–Kier alpha value is -3.15. The van der Waals surface area contributed by atoms with Gasteiger partial charge in [-0.05, 0) is 54.8 Å². The number of ether oxygens (including phenoxy) is 1. The van der Waals surface area contributed by atoms with Crippen molar-refractivity contribution < 1.29 is 14.1 Å². The first-order chi connectivity index (χ1) is 12.6. The Morgan fingerprint density at radius 1 is 1.23 bits per heavy atom. The van der Waals surface area contributed by atoms with Gasteiger partial charge in [-0.2, -0.15) is 4.98 Å². The molecule has 4 rings (SSSR count). The first-order valence-electron chi connectivity index (χ1n) is 8.53. The third kappa shape index (κ3) is 3.18. The third-order valence-corrected chi connectivity index (χ3v) is 4.41. The van der Waals surface area contributed by atoms with Crippen molar-refractivity contribution in [2.24, 2.45) is 0 Å². The molecule has 0 unspecified atom stereocenters. The number of carbonyl (C=O) groups is 1. The van der Waals surface area contributed by atoms with E-state index in [-0.39, 0.29) is 12.5 Å². The lowest BCUT2D eigenvalue weighted by atomic mass is 10.1. The molecule has 0 saturated carbocycles. The van der Waals surface area contributed by atoms with Gasteiger partial charge in [-0.15, -0.1) is 0 Å². The van der Waals surface area contributed by atoms with Crippen LogP contribution in [0.3, 0.4) is 0 Å². The topological polar surface area (TPSA) is 68.5 Å². The van der Waals surface area contributed by atoms with Crippen molar-refractivity contribution in [2.45, 2.75) is 20.3 Å². The van der Waals surface area contributed by atoms with Gasteiger partial charge in [0, 0.05) is 24.7 Å². The number of amides is 1. The molecule has 0 bridgehead atoms. The molecule has 0 saturated heterocycles. The minimum Gasteiger partial charge on any atom is -0.484 e. The second-order valence-corrected chi connectivity index (χ2v) is 6.38. The molecular formula is C20H19N3O3. The fourth-order valence-electron chi connectivity index (χ4n) is 3.14. The molecule has 2 heterocycles. The maximum Gasteiger partial charge on any atom is 0.264 e. The van der Waals surface area contributed by atoms with Crippen molar-refractivity contribution in [3.63, 3.8) is 0 Å². The highest BCUT2D eigenvalue weighted by Gasteiger charge is 2.25. The fraction of sp³-hybridized carbons (Fsp3) is 0.250. The van der Waals surface area contributed by atoms with Crippen LogP contribution in [0.5, 0.6) is 5.75 Å². The van der Waals surface area contributed by atoms with Crippen molar-refractivity contribution in [2.75, 3.05) is 18.1 Å². The number of hydrogen-bond donors (Lipinski definition) is 0. The van der Waals surface area contributed by atoms with Crippen LogP contribution in [0.15, 0.2) is 47.0 Å². The number of anilines is 1. The Morgan fingerprint density at radius 2 is 2.12 bits per heavy atom. The number of aromatic nitrogens is 2. The smallest absolute Gasteiger partial charge is 0.264 e. The average Bonchev–Trinajstić information content (AvgIpc) is 3.25. The predicted octanol–water partition coefficient (Wildman–Crippen LogP) is 3.32. The number of carbonyl (C=O) groups excluding carboxylic acids is 1. The number of aryl methyl sites for hydroxylation is 2. The van der Waals surface area contributed by atoms with Gasteiger partial charge in [0.2, 0.25) is 11.7 Å². The maximum absolute atomic E-state index is 12.6. The van der Waals surface area contributed by atoms with E-state index in [0.717, 1.165) is 28.8 Å². The van der Waals surface area contributed by atoms with Gasteiger partial charge < -0.3 is 14.2 Å². The molecule has 1 aliphatic heterocycles. The van der Waals surface area contributed by atoms with Gasteiger partial charge in [0.1, 0.15) is 5.75 Å². The quantitative estimate of drug-likeness (QED) is 0.723. The van der Waals surface area contributed by atoms with Crippen LogP contribution in [0.1, 0.15) is 17.0 Å². The number of benzene rings is 2. The first kappa shape index (κ1) is 16.3. The molecule has 1 aromatic heterocycles. The lowest BCUT2D eigenvalue weighted by Gasteiger charge is -2.18. The lowest BCUT2D eigenvalue weighted by molar-refractivity contribution is -0.120. The minimum atomic E-state index is -0.0478. The number of hydrogen-bond acceptors (Lipinski definition) is 5. The molecule has 1 aliphatic rings. The number of rotatable bonds is 4. The summed E-state index contributed by atoms with van der Waals surface area (Å²) in [6.07, 6.45) is 0.802. The van der Waals surface area contributed by atoms with E-state index in [1.165, 1.54) is 0 Å². The molecule has 0 fully saturated rings. The van der Waals surface area contributed by atoms with E-state index < -0.39 is 0 Å². The van der Waals surface area contributed by atoms with Gasteiger partial charge in [-0.3, -0.25) is 4.79 Å². The Balaban J connectivity index is 1.48. The van der Waals surface area contributed by atoms with E-state index in [2.05, 4.69) is 10.1 Å². The van der Waals surface area contributed by atoms with Crippen molar-refractivity contribution >= 4 is 11.6 Å². The van der Waals surface area contributed by atoms with Gasteiger partial charge in [0.15, 0.2) is 6.61 Å². The Kier molecular flexibility index (Phi) is 4.16.